The van der Waals surface area contributed by atoms with Crippen LogP contribution in [0.25, 0.3) is 0 Å². The summed E-state index contributed by atoms with van der Waals surface area (Å²) in [7, 11) is 1.98. The predicted octanol–water partition coefficient (Wildman–Crippen LogP) is 2.48. The lowest BCUT2D eigenvalue weighted by molar-refractivity contribution is 0.415. The molecule has 0 radical (unpaired) electrons. The zero-order valence-corrected chi connectivity index (χ0v) is 10.1. The van der Waals surface area contributed by atoms with Crippen molar-refractivity contribution < 1.29 is 0 Å². The minimum Gasteiger partial charge on any atom is -0.312 e. The Balaban J connectivity index is 2.69. The second kappa shape index (κ2) is 5.81. The van der Waals surface area contributed by atoms with E-state index in [0.29, 0.717) is 12.0 Å². The summed E-state index contributed by atoms with van der Waals surface area (Å²) in [5, 5.41) is 3.30. The smallest absolute Gasteiger partial charge is 0.0756 e. The van der Waals surface area contributed by atoms with E-state index in [1.807, 2.05) is 26.4 Å². The highest BCUT2D eigenvalue weighted by Gasteiger charge is 2.13. The number of hydrogen-bond acceptors (Lipinski definition) is 3. The average molecular weight is 207 g/mol. The van der Waals surface area contributed by atoms with Crippen molar-refractivity contribution in [3.8, 4) is 0 Å². The number of rotatable bonds is 5. The van der Waals surface area contributed by atoms with Crippen LogP contribution in [-0.4, -0.2) is 17.0 Å². The summed E-state index contributed by atoms with van der Waals surface area (Å²) in [6.07, 6.45) is 6.03. The van der Waals surface area contributed by atoms with Crippen LogP contribution in [0.15, 0.2) is 12.4 Å². The predicted molar refractivity (Wildman–Crippen MR) is 62.6 cm³/mol. The van der Waals surface area contributed by atoms with Gasteiger partial charge in [-0.2, -0.15) is 0 Å². The zero-order valence-electron chi connectivity index (χ0n) is 10.1. The Morgan fingerprint density at radius 2 is 2.07 bits per heavy atom. The lowest BCUT2D eigenvalue weighted by Crippen LogP contribution is -2.20. The lowest BCUT2D eigenvalue weighted by atomic mass is 9.97. The standard InChI is InChI=1S/C12H21N3/c1-5-9(2)6-11(13-4)12-8-14-10(3)7-15-12/h7-9,11,13H,5-6H2,1-4H3. The number of aromatic nitrogens is 2. The normalized spacial score (nSPS) is 14.9. The van der Waals surface area contributed by atoms with Crippen molar-refractivity contribution in [3.05, 3.63) is 23.8 Å². The molecule has 2 atom stereocenters. The fraction of sp³-hybridized carbons (Fsp3) is 0.667. The van der Waals surface area contributed by atoms with Crippen LogP contribution in [-0.2, 0) is 0 Å². The van der Waals surface area contributed by atoms with Gasteiger partial charge in [0.2, 0.25) is 0 Å². The van der Waals surface area contributed by atoms with Crippen LogP contribution in [0.2, 0.25) is 0 Å². The van der Waals surface area contributed by atoms with E-state index in [2.05, 4.69) is 29.1 Å². The second-order valence-electron chi connectivity index (χ2n) is 4.17. The van der Waals surface area contributed by atoms with Crippen molar-refractivity contribution in [2.24, 2.45) is 5.92 Å². The summed E-state index contributed by atoms with van der Waals surface area (Å²) >= 11 is 0. The van der Waals surface area contributed by atoms with Gasteiger partial charge in [0.05, 0.1) is 23.6 Å². The largest absolute Gasteiger partial charge is 0.312 e. The highest BCUT2D eigenvalue weighted by molar-refractivity contribution is 5.05. The van der Waals surface area contributed by atoms with Crippen LogP contribution >= 0.6 is 0 Å². The van der Waals surface area contributed by atoms with E-state index in [9.17, 15) is 0 Å². The van der Waals surface area contributed by atoms with Crippen LogP contribution in [0.1, 0.15) is 44.1 Å². The molecular weight excluding hydrogens is 186 g/mol. The van der Waals surface area contributed by atoms with Crippen LogP contribution in [0, 0.1) is 12.8 Å². The highest BCUT2D eigenvalue weighted by Crippen LogP contribution is 2.20. The van der Waals surface area contributed by atoms with Crippen molar-refractivity contribution in [3.63, 3.8) is 0 Å². The first-order chi connectivity index (χ1) is 7.17. The molecule has 1 aromatic rings. The van der Waals surface area contributed by atoms with Crippen LogP contribution in [0.5, 0.6) is 0 Å². The molecule has 1 aromatic heterocycles. The molecule has 1 N–H and O–H groups in total. The number of nitrogens with zero attached hydrogens (tertiary/aromatic N) is 2. The molecule has 0 aliphatic rings. The zero-order chi connectivity index (χ0) is 11.3. The second-order valence-corrected chi connectivity index (χ2v) is 4.17. The summed E-state index contributed by atoms with van der Waals surface area (Å²) in [4.78, 5) is 8.69. The average Bonchev–Trinajstić information content (AvgIpc) is 2.27. The molecule has 15 heavy (non-hydrogen) atoms. The maximum atomic E-state index is 4.41. The van der Waals surface area contributed by atoms with E-state index < -0.39 is 0 Å². The molecule has 3 heteroatoms. The van der Waals surface area contributed by atoms with E-state index in [4.69, 9.17) is 0 Å². The first-order valence-electron chi connectivity index (χ1n) is 5.63. The molecular formula is C12H21N3. The first-order valence-corrected chi connectivity index (χ1v) is 5.63. The van der Waals surface area contributed by atoms with Gasteiger partial charge < -0.3 is 5.32 Å². The molecule has 0 aliphatic heterocycles. The van der Waals surface area contributed by atoms with Gasteiger partial charge in [0.1, 0.15) is 0 Å². The Hall–Kier alpha value is -0.960. The molecule has 0 spiro atoms. The molecule has 0 bridgehead atoms. The first kappa shape index (κ1) is 12.1. The van der Waals surface area contributed by atoms with Crippen molar-refractivity contribution in [1.29, 1.82) is 0 Å². The van der Waals surface area contributed by atoms with Gasteiger partial charge in [0, 0.05) is 6.20 Å². The van der Waals surface area contributed by atoms with Gasteiger partial charge in [-0.3, -0.25) is 9.97 Å². The fourth-order valence-corrected chi connectivity index (χ4v) is 1.54. The number of hydrogen-bond donors (Lipinski definition) is 1. The summed E-state index contributed by atoms with van der Waals surface area (Å²) in [6, 6.07) is 0.327. The molecule has 0 aromatic carbocycles. The van der Waals surface area contributed by atoms with E-state index in [0.717, 1.165) is 17.8 Å². The summed E-state index contributed by atoms with van der Waals surface area (Å²) in [5.74, 6) is 0.713. The van der Waals surface area contributed by atoms with Gasteiger partial charge in [-0.25, -0.2) is 0 Å². The van der Waals surface area contributed by atoms with E-state index in [1.165, 1.54) is 6.42 Å². The third-order valence-electron chi connectivity index (χ3n) is 2.84. The summed E-state index contributed by atoms with van der Waals surface area (Å²) in [5.41, 5.74) is 2.01. The Morgan fingerprint density at radius 3 is 2.53 bits per heavy atom. The Bertz CT molecular complexity index is 281. The SMILES string of the molecule is CCC(C)CC(NC)c1cnc(C)cn1. The quantitative estimate of drug-likeness (QED) is 0.806. The molecule has 1 rings (SSSR count). The lowest BCUT2D eigenvalue weighted by Gasteiger charge is -2.18. The summed E-state index contributed by atoms with van der Waals surface area (Å²) < 4.78 is 0. The van der Waals surface area contributed by atoms with Gasteiger partial charge >= 0.3 is 0 Å². The molecule has 0 aliphatic carbocycles. The van der Waals surface area contributed by atoms with Gasteiger partial charge in [0.15, 0.2) is 0 Å². The van der Waals surface area contributed by atoms with Crippen molar-refractivity contribution in [2.75, 3.05) is 7.05 Å². The molecule has 0 fully saturated rings. The van der Waals surface area contributed by atoms with E-state index in [1.54, 1.807) is 0 Å². The molecule has 3 nitrogen and oxygen atoms in total. The maximum absolute atomic E-state index is 4.41. The molecule has 0 amide bonds. The highest BCUT2D eigenvalue weighted by atomic mass is 14.9. The molecule has 0 saturated carbocycles. The Morgan fingerprint density at radius 1 is 1.33 bits per heavy atom. The maximum Gasteiger partial charge on any atom is 0.0756 e. The molecule has 2 unspecified atom stereocenters. The van der Waals surface area contributed by atoms with Crippen molar-refractivity contribution in [1.82, 2.24) is 15.3 Å². The number of aryl methyl sites for hydroxylation is 1. The van der Waals surface area contributed by atoms with E-state index in [-0.39, 0.29) is 0 Å². The van der Waals surface area contributed by atoms with Gasteiger partial charge in [0.25, 0.3) is 0 Å². The van der Waals surface area contributed by atoms with Crippen molar-refractivity contribution >= 4 is 0 Å². The Kier molecular flexibility index (Phi) is 4.69. The third kappa shape index (κ3) is 3.59. The van der Waals surface area contributed by atoms with Crippen LogP contribution in [0.3, 0.4) is 0 Å². The Labute approximate surface area is 92.3 Å². The number of nitrogens with one attached hydrogen (secondary N) is 1. The van der Waals surface area contributed by atoms with Crippen LogP contribution < -0.4 is 5.32 Å². The monoisotopic (exact) mass is 207 g/mol. The van der Waals surface area contributed by atoms with Crippen molar-refractivity contribution in [2.45, 2.75) is 39.7 Å². The minimum atomic E-state index is 0.327. The molecule has 0 saturated heterocycles. The molecule has 1 heterocycles. The van der Waals surface area contributed by atoms with Gasteiger partial charge in [-0.15, -0.1) is 0 Å². The fourth-order valence-electron chi connectivity index (χ4n) is 1.54. The van der Waals surface area contributed by atoms with E-state index >= 15 is 0 Å². The topological polar surface area (TPSA) is 37.8 Å². The molecule has 84 valence electrons. The van der Waals surface area contributed by atoms with Gasteiger partial charge in [-0.05, 0) is 26.3 Å². The third-order valence-corrected chi connectivity index (χ3v) is 2.84. The minimum absolute atomic E-state index is 0.327. The summed E-state index contributed by atoms with van der Waals surface area (Å²) in [6.45, 7) is 6.45. The van der Waals surface area contributed by atoms with Gasteiger partial charge in [-0.1, -0.05) is 20.3 Å². The van der Waals surface area contributed by atoms with Crippen LogP contribution in [0.4, 0.5) is 0 Å².